The van der Waals surface area contributed by atoms with Gasteiger partial charge in [0.1, 0.15) is 0 Å². The van der Waals surface area contributed by atoms with Crippen LogP contribution in [0.15, 0.2) is 24.3 Å². The van der Waals surface area contributed by atoms with Crippen molar-refractivity contribution in [3.05, 3.63) is 35.9 Å². The van der Waals surface area contributed by atoms with E-state index >= 15 is 0 Å². The van der Waals surface area contributed by atoms with E-state index in [2.05, 4.69) is 25.1 Å². The van der Waals surface area contributed by atoms with Crippen molar-refractivity contribution in [2.75, 3.05) is 0 Å². The molecule has 0 aliphatic heterocycles. The van der Waals surface area contributed by atoms with Crippen molar-refractivity contribution < 1.29 is 18.9 Å². The van der Waals surface area contributed by atoms with Crippen molar-refractivity contribution in [1.82, 2.24) is 0 Å². The van der Waals surface area contributed by atoms with Gasteiger partial charge in [0, 0.05) is 0 Å². The van der Waals surface area contributed by atoms with Crippen LogP contribution in [0.3, 0.4) is 0 Å². The fraction of sp³-hybridized carbons (Fsp3) is 0.400. The summed E-state index contributed by atoms with van der Waals surface area (Å²) in [6.45, 7) is 2.21. The van der Waals surface area contributed by atoms with Gasteiger partial charge >= 0.3 is 18.9 Å². The molecule has 1 heteroatoms. The maximum absolute atomic E-state index is 3.20. The molecule has 0 aliphatic carbocycles. The molecule has 0 fully saturated rings. The Kier molecular flexibility index (Phi) is 6.41. The number of benzene rings is 1. The Morgan fingerprint density at radius 1 is 1.36 bits per heavy atom. The van der Waals surface area contributed by atoms with Crippen molar-refractivity contribution in [3.8, 4) is 0 Å². The maximum Gasteiger partial charge on any atom is 1.00 e. The fourth-order valence-electron chi connectivity index (χ4n) is 0.953. The van der Waals surface area contributed by atoms with Crippen LogP contribution < -0.4 is 18.9 Å². The Balaban J connectivity index is 0.000001000. The zero-order valence-electron chi connectivity index (χ0n) is 7.43. The zero-order valence-corrected chi connectivity index (χ0v) is 7.43. The van der Waals surface area contributed by atoms with Crippen LogP contribution in [0.5, 0.6) is 0 Å². The van der Waals surface area contributed by atoms with Gasteiger partial charge < -0.3 is 0 Å². The van der Waals surface area contributed by atoms with Crippen LogP contribution in [0.2, 0.25) is 0 Å². The zero-order chi connectivity index (χ0) is 7.23. The second-order valence-corrected chi connectivity index (χ2v) is 2.49. The van der Waals surface area contributed by atoms with E-state index in [4.69, 9.17) is 0 Å². The van der Waals surface area contributed by atoms with Gasteiger partial charge in [-0.3, -0.25) is 0 Å². The van der Waals surface area contributed by atoms with Crippen LogP contribution in [0.25, 0.3) is 0 Å². The first-order chi connectivity index (χ1) is 4.93. The second-order valence-electron chi connectivity index (χ2n) is 2.49. The molecule has 54 valence electrons. The van der Waals surface area contributed by atoms with Gasteiger partial charge in [0.05, 0.1) is 0 Å². The summed E-state index contributed by atoms with van der Waals surface area (Å²) in [5.41, 5.74) is 1.34. The van der Waals surface area contributed by atoms with Crippen LogP contribution >= 0.6 is 0 Å². The number of hydrogen-bond donors (Lipinski definition) is 0. The van der Waals surface area contributed by atoms with Gasteiger partial charge in [0.25, 0.3) is 0 Å². The first-order valence-corrected chi connectivity index (χ1v) is 3.89. The molecule has 0 nitrogen and oxygen atoms in total. The Hall–Kier alpha value is -0.183. The first-order valence-electron chi connectivity index (χ1n) is 3.89. The van der Waals surface area contributed by atoms with Gasteiger partial charge in [-0.25, -0.2) is 0 Å². The standard InChI is InChI=1S/C10H13.Li/c1-2-3-7-10-8-5-4-6-9-10;/h4-6,8H,2-3,7H2,1H3;/q-1;+1. The number of unbranched alkanes of at least 4 members (excludes halogenated alkanes) is 1. The molecule has 0 aromatic heterocycles. The predicted octanol–water partition coefficient (Wildman–Crippen LogP) is -0.167. The molecule has 0 aliphatic rings. The smallest absolute Gasteiger partial charge is 0.180 e. The molecule has 11 heavy (non-hydrogen) atoms. The van der Waals surface area contributed by atoms with Gasteiger partial charge in [-0.15, -0.1) is 0 Å². The third-order valence-corrected chi connectivity index (χ3v) is 1.57. The van der Waals surface area contributed by atoms with Crippen molar-refractivity contribution >= 4 is 0 Å². The third-order valence-electron chi connectivity index (χ3n) is 1.57. The second kappa shape index (κ2) is 6.52. The minimum atomic E-state index is 0. The predicted molar refractivity (Wildman–Crippen MR) is 43.9 cm³/mol. The summed E-state index contributed by atoms with van der Waals surface area (Å²) in [6.07, 6.45) is 3.72. The molecule has 1 rings (SSSR count). The van der Waals surface area contributed by atoms with E-state index in [9.17, 15) is 0 Å². The molecular weight excluding hydrogens is 127 g/mol. The minimum Gasteiger partial charge on any atom is -0.180 e. The number of rotatable bonds is 3. The largest absolute Gasteiger partial charge is 1.00 e. The van der Waals surface area contributed by atoms with Gasteiger partial charge in [-0.1, -0.05) is 26.2 Å². The molecule has 0 heterocycles. The van der Waals surface area contributed by atoms with E-state index in [1.54, 1.807) is 0 Å². The summed E-state index contributed by atoms with van der Waals surface area (Å²) in [6, 6.07) is 11.4. The molecule has 0 saturated carbocycles. The van der Waals surface area contributed by atoms with Gasteiger partial charge in [0.2, 0.25) is 0 Å². The molecule has 0 saturated heterocycles. The van der Waals surface area contributed by atoms with Crippen LogP contribution in [-0.2, 0) is 6.42 Å². The molecular formula is C10H13Li. The Labute approximate surface area is 81.2 Å². The number of aryl methyl sites for hydroxylation is 1. The summed E-state index contributed by atoms with van der Waals surface area (Å²) in [5.74, 6) is 0. The van der Waals surface area contributed by atoms with Crippen LogP contribution in [0.4, 0.5) is 0 Å². The Morgan fingerprint density at radius 2 is 2.18 bits per heavy atom. The van der Waals surface area contributed by atoms with Crippen molar-refractivity contribution in [2.45, 2.75) is 26.2 Å². The Morgan fingerprint density at radius 3 is 2.73 bits per heavy atom. The van der Waals surface area contributed by atoms with Gasteiger partial charge in [-0.2, -0.15) is 35.9 Å². The van der Waals surface area contributed by atoms with E-state index < -0.39 is 0 Å². The maximum atomic E-state index is 3.20. The summed E-state index contributed by atoms with van der Waals surface area (Å²) >= 11 is 0. The van der Waals surface area contributed by atoms with E-state index in [1.165, 1.54) is 24.8 Å². The monoisotopic (exact) mass is 140 g/mol. The summed E-state index contributed by atoms with van der Waals surface area (Å²) < 4.78 is 0. The molecule has 0 bridgehead atoms. The average molecular weight is 140 g/mol. The van der Waals surface area contributed by atoms with E-state index in [0.29, 0.717) is 0 Å². The van der Waals surface area contributed by atoms with E-state index in [-0.39, 0.29) is 18.9 Å². The fourth-order valence-corrected chi connectivity index (χ4v) is 0.953. The molecule has 1 aromatic rings. The van der Waals surface area contributed by atoms with Crippen molar-refractivity contribution in [1.29, 1.82) is 0 Å². The van der Waals surface area contributed by atoms with Crippen LogP contribution in [-0.4, -0.2) is 0 Å². The quantitative estimate of drug-likeness (QED) is 0.404. The molecule has 0 unspecified atom stereocenters. The molecule has 0 atom stereocenters. The normalized spacial score (nSPS) is 8.82. The van der Waals surface area contributed by atoms with Crippen molar-refractivity contribution in [3.63, 3.8) is 0 Å². The summed E-state index contributed by atoms with van der Waals surface area (Å²) in [7, 11) is 0. The SMILES string of the molecule is CCCCc1[c-]cccc1.[Li+]. The van der Waals surface area contributed by atoms with Crippen molar-refractivity contribution in [2.24, 2.45) is 0 Å². The summed E-state index contributed by atoms with van der Waals surface area (Å²) in [5, 5.41) is 0. The third kappa shape index (κ3) is 4.30. The van der Waals surface area contributed by atoms with Gasteiger partial charge in [0.15, 0.2) is 0 Å². The van der Waals surface area contributed by atoms with E-state index in [1.807, 2.05) is 12.1 Å². The van der Waals surface area contributed by atoms with Crippen LogP contribution in [0, 0.1) is 6.07 Å². The van der Waals surface area contributed by atoms with Gasteiger partial charge in [-0.05, 0) is 0 Å². The molecule has 0 amide bonds. The molecule has 0 radical (unpaired) electrons. The summed E-state index contributed by atoms with van der Waals surface area (Å²) in [4.78, 5) is 0. The Bertz CT molecular complexity index is 169. The molecule has 0 N–H and O–H groups in total. The molecule has 1 aromatic carbocycles. The van der Waals surface area contributed by atoms with E-state index in [0.717, 1.165) is 0 Å². The average Bonchev–Trinajstić information content (AvgIpc) is 2.03. The minimum absolute atomic E-state index is 0. The topological polar surface area (TPSA) is 0 Å². The molecule has 0 spiro atoms. The first kappa shape index (κ1) is 10.8. The number of hydrogen-bond acceptors (Lipinski definition) is 0. The van der Waals surface area contributed by atoms with Crippen LogP contribution in [0.1, 0.15) is 25.3 Å².